The van der Waals surface area contributed by atoms with Gasteiger partial charge in [-0.3, -0.25) is 4.79 Å². The normalized spacial score (nSPS) is 12.5. The average molecular weight is 221 g/mol. The monoisotopic (exact) mass is 221 g/mol. The Morgan fingerprint density at radius 3 is 2.67 bits per heavy atom. The van der Waals surface area contributed by atoms with E-state index in [-0.39, 0.29) is 6.61 Å². The SMILES string of the molecule is COCCCOCCOC(=O)[C@@H](N)CO. The quantitative estimate of drug-likeness (QED) is 0.379. The van der Waals surface area contributed by atoms with Crippen molar-refractivity contribution >= 4 is 5.97 Å². The van der Waals surface area contributed by atoms with Crippen LogP contribution in [0, 0.1) is 0 Å². The molecule has 0 rings (SSSR count). The molecule has 6 nitrogen and oxygen atoms in total. The summed E-state index contributed by atoms with van der Waals surface area (Å²) in [6, 6.07) is -0.960. The molecule has 0 amide bonds. The number of aliphatic hydroxyl groups excluding tert-OH is 1. The summed E-state index contributed by atoms with van der Waals surface area (Å²) in [6.07, 6.45) is 0.806. The number of ether oxygens (including phenoxy) is 3. The first kappa shape index (κ1) is 14.3. The highest BCUT2D eigenvalue weighted by Gasteiger charge is 2.12. The molecule has 15 heavy (non-hydrogen) atoms. The summed E-state index contributed by atoms with van der Waals surface area (Å²) in [4.78, 5) is 10.9. The van der Waals surface area contributed by atoms with Crippen LogP contribution in [0.4, 0.5) is 0 Å². The van der Waals surface area contributed by atoms with Crippen molar-refractivity contribution in [1.82, 2.24) is 0 Å². The van der Waals surface area contributed by atoms with Gasteiger partial charge in [0, 0.05) is 20.3 Å². The molecular formula is C9H19NO5. The molecule has 0 unspecified atom stereocenters. The molecule has 0 fully saturated rings. The molecule has 0 aliphatic carbocycles. The predicted octanol–water partition coefficient (Wildman–Crippen LogP) is -1.10. The van der Waals surface area contributed by atoms with Gasteiger partial charge in [-0.1, -0.05) is 0 Å². The van der Waals surface area contributed by atoms with Gasteiger partial charge in [-0.2, -0.15) is 0 Å². The zero-order chi connectivity index (χ0) is 11.5. The van der Waals surface area contributed by atoms with E-state index in [4.69, 9.17) is 25.1 Å². The first-order valence-electron chi connectivity index (χ1n) is 4.82. The van der Waals surface area contributed by atoms with Crippen molar-refractivity contribution in [3.05, 3.63) is 0 Å². The number of esters is 1. The third-order valence-electron chi connectivity index (χ3n) is 1.61. The topological polar surface area (TPSA) is 91.0 Å². The summed E-state index contributed by atoms with van der Waals surface area (Å²) in [5.74, 6) is -0.613. The fraction of sp³-hybridized carbons (Fsp3) is 0.889. The van der Waals surface area contributed by atoms with Crippen LogP contribution in [0.3, 0.4) is 0 Å². The number of methoxy groups -OCH3 is 1. The molecule has 0 aliphatic heterocycles. The first-order valence-corrected chi connectivity index (χ1v) is 4.82. The molecule has 0 heterocycles. The molecule has 0 aromatic heterocycles. The van der Waals surface area contributed by atoms with E-state index in [0.717, 1.165) is 6.42 Å². The summed E-state index contributed by atoms with van der Waals surface area (Å²) in [5, 5.41) is 8.53. The molecule has 0 saturated carbocycles. The van der Waals surface area contributed by atoms with Crippen LogP contribution in [0.2, 0.25) is 0 Å². The van der Waals surface area contributed by atoms with Crippen LogP contribution in [0.25, 0.3) is 0 Å². The Hall–Kier alpha value is -0.690. The van der Waals surface area contributed by atoms with Gasteiger partial charge in [-0.25, -0.2) is 0 Å². The molecule has 1 atom stereocenters. The van der Waals surface area contributed by atoms with E-state index in [0.29, 0.717) is 19.8 Å². The predicted molar refractivity (Wildman–Crippen MR) is 53.3 cm³/mol. The van der Waals surface area contributed by atoms with Gasteiger partial charge < -0.3 is 25.1 Å². The van der Waals surface area contributed by atoms with E-state index in [9.17, 15) is 4.79 Å². The average Bonchev–Trinajstić information content (AvgIpc) is 2.26. The summed E-state index contributed by atoms with van der Waals surface area (Å²) in [6.45, 7) is 1.28. The molecule has 0 bridgehead atoms. The molecule has 3 N–H and O–H groups in total. The maximum Gasteiger partial charge on any atom is 0.325 e. The maximum absolute atomic E-state index is 10.9. The molecule has 0 aliphatic rings. The second-order valence-corrected chi connectivity index (χ2v) is 2.92. The Kier molecular flexibility index (Phi) is 9.40. The zero-order valence-electron chi connectivity index (χ0n) is 8.98. The number of rotatable bonds is 9. The minimum absolute atomic E-state index is 0.152. The number of hydrogen-bond donors (Lipinski definition) is 2. The lowest BCUT2D eigenvalue weighted by atomic mass is 10.3. The highest BCUT2D eigenvalue weighted by molar-refractivity contribution is 5.75. The van der Waals surface area contributed by atoms with Crippen LogP contribution < -0.4 is 5.73 Å². The number of nitrogens with two attached hydrogens (primary N) is 1. The van der Waals surface area contributed by atoms with E-state index >= 15 is 0 Å². The lowest BCUT2D eigenvalue weighted by molar-refractivity contribution is -0.147. The number of carbonyl (C=O) groups is 1. The van der Waals surface area contributed by atoms with Gasteiger partial charge in [-0.15, -0.1) is 0 Å². The second kappa shape index (κ2) is 9.85. The van der Waals surface area contributed by atoms with Crippen molar-refractivity contribution in [2.75, 3.05) is 40.1 Å². The van der Waals surface area contributed by atoms with Crippen LogP contribution in [-0.2, 0) is 19.0 Å². The van der Waals surface area contributed by atoms with Gasteiger partial charge in [0.1, 0.15) is 12.6 Å². The summed E-state index contributed by atoms with van der Waals surface area (Å²) in [5.41, 5.74) is 5.22. The summed E-state index contributed by atoms with van der Waals surface area (Å²) >= 11 is 0. The Balaban J connectivity index is 3.20. The van der Waals surface area contributed by atoms with Crippen molar-refractivity contribution in [2.24, 2.45) is 5.73 Å². The van der Waals surface area contributed by atoms with E-state index in [2.05, 4.69) is 0 Å². The van der Waals surface area contributed by atoms with Gasteiger partial charge in [0.15, 0.2) is 0 Å². The largest absolute Gasteiger partial charge is 0.462 e. The van der Waals surface area contributed by atoms with Crippen LogP contribution >= 0.6 is 0 Å². The summed E-state index contributed by atoms with van der Waals surface area (Å²) < 4.78 is 14.7. The van der Waals surface area contributed by atoms with Crippen LogP contribution in [0.1, 0.15) is 6.42 Å². The van der Waals surface area contributed by atoms with Gasteiger partial charge in [0.25, 0.3) is 0 Å². The van der Waals surface area contributed by atoms with E-state index in [1.54, 1.807) is 7.11 Å². The Morgan fingerprint density at radius 2 is 2.07 bits per heavy atom. The lowest BCUT2D eigenvalue weighted by Gasteiger charge is -2.08. The van der Waals surface area contributed by atoms with E-state index < -0.39 is 18.6 Å². The molecule has 0 saturated heterocycles. The Labute approximate surface area is 89.3 Å². The number of carbonyl (C=O) groups excluding carboxylic acids is 1. The van der Waals surface area contributed by atoms with Crippen LogP contribution in [0.15, 0.2) is 0 Å². The molecule has 0 radical (unpaired) electrons. The van der Waals surface area contributed by atoms with Crippen LogP contribution in [-0.4, -0.2) is 57.3 Å². The standard InChI is InChI=1S/C9H19NO5/c1-13-3-2-4-14-5-6-15-9(12)8(10)7-11/h8,11H,2-7,10H2,1H3/t8-/m0/s1. The fourth-order valence-electron chi connectivity index (χ4n) is 0.790. The van der Waals surface area contributed by atoms with Gasteiger partial charge in [0.05, 0.1) is 13.2 Å². The third kappa shape index (κ3) is 8.31. The van der Waals surface area contributed by atoms with E-state index in [1.807, 2.05) is 0 Å². The molecule has 6 heteroatoms. The lowest BCUT2D eigenvalue weighted by Crippen LogP contribution is -2.36. The van der Waals surface area contributed by atoms with Gasteiger partial charge in [-0.05, 0) is 6.42 Å². The minimum atomic E-state index is -0.960. The van der Waals surface area contributed by atoms with Crippen molar-refractivity contribution in [3.8, 4) is 0 Å². The molecule has 0 spiro atoms. The Bertz CT molecular complexity index is 165. The number of hydrogen-bond acceptors (Lipinski definition) is 6. The molecule has 0 aromatic carbocycles. The van der Waals surface area contributed by atoms with Crippen LogP contribution in [0.5, 0.6) is 0 Å². The van der Waals surface area contributed by atoms with Gasteiger partial charge >= 0.3 is 5.97 Å². The van der Waals surface area contributed by atoms with Crippen molar-refractivity contribution < 1.29 is 24.1 Å². The molecule has 90 valence electrons. The summed E-state index contributed by atoms with van der Waals surface area (Å²) in [7, 11) is 1.62. The molecule has 0 aromatic rings. The van der Waals surface area contributed by atoms with Crippen molar-refractivity contribution in [1.29, 1.82) is 0 Å². The maximum atomic E-state index is 10.9. The first-order chi connectivity index (χ1) is 7.22. The highest BCUT2D eigenvalue weighted by Crippen LogP contribution is 1.87. The van der Waals surface area contributed by atoms with Crippen molar-refractivity contribution in [3.63, 3.8) is 0 Å². The van der Waals surface area contributed by atoms with Crippen molar-refractivity contribution in [2.45, 2.75) is 12.5 Å². The third-order valence-corrected chi connectivity index (χ3v) is 1.61. The fourth-order valence-corrected chi connectivity index (χ4v) is 0.790. The van der Waals surface area contributed by atoms with E-state index in [1.165, 1.54) is 0 Å². The smallest absolute Gasteiger partial charge is 0.325 e. The highest BCUT2D eigenvalue weighted by atomic mass is 16.6. The second-order valence-electron chi connectivity index (χ2n) is 2.92. The number of aliphatic hydroxyl groups is 1. The Morgan fingerprint density at radius 1 is 1.33 bits per heavy atom. The molecular weight excluding hydrogens is 202 g/mol. The van der Waals surface area contributed by atoms with Gasteiger partial charge in [0.2, 0.25) is 0 Å². The zero-order valence-corrected chi connectivity index (χ0v) is 8.98. The minimum Gasteiger partial charge on any atom is -0.462 e.